The van der Waals surface area contributed by atoms with Crippen molar-refractivity contribution in [1.29, 1.82) is 0 Å². The van der Waals surface area contributed by atoms with Crippen molar-refractivity contribution in [3.05, 3.63) is 51.9 Å². The number of carbonyl (C=O) groups is 1. The van der Waals surface area contributed by atoms with Crippen molar-refractivity contribution in [2.75, 3.05) is 24.5 Å². The number of phenols is 1. The van der Waals surface area contributed by atoms with E-state index in [0.29, 0.717) is 23.6 Å². The predicted molar refractivity (Wildman–Crippen MR) is 95.0 cm³/mol. The third kappa shape index (κ3) is 3.65. The number of hydrogen-bond acceptors (Lipinski definition) is 5. The summed E-state index contributed by atoms with van der Waals surface area (Å²) in [6.07, 6.45) is 2.61. The first-order chi connectivity index (χ1) is 12.0. The monoisotopic (exact) mass is 342 g/mol. The van der Waals surface area contributed by atoms with E-state index >= 15 is 0 Å². The Morgan fingerprint density at radius 3 is 3.00 bits per heavy atom. The molecule has 2 aromatic rings. The number of rotatable bonds is 4. The molecule has 132 valence electrons. The van der Waals surface area contributed by atoms with Gasteiger partial charge in [-0.25, -0.2) is 4.68 Å². The molecule has 2 N–H and O–H groups in total. The third-order valence-corrected chi connectivity index (χ3v) is 4.64. The molecule has 3 rings (SSSR count). The number of aromatic nitrogens is 2. The van der Waals surface area contributed by atoms with Crippen LogP contribution in [0.5, 0.6) is 5.75 Å². The van der Waals surface area contributed by atoms with Gasteiger partial charge in [0.05, 0.1) is 17.4 Å². The van der Waals surface area contributed by atoms with Gasteiger partial charge in [0, 0.05) is 32.7 Å². The number of amides is 1. The number of phenolic OH excluding ortho intramolecular Hbond substituents is 1. The molecule has 1 saturated heterocycles. The highest BCUT2D eigenvalue weighted by molar-refractivity contribution is 5.97. The van der Waals surface area contributed by atoms with Gasteiger partial charge in [0.15, 0.2) is 0 Å². The molecule has 0 radical (unpaired) electrons. The molecule has 0 aliphatic carbocycles. The number of nitrogens with zero attached hydrogens (tertiary/aromatic N) is 3. The third-order valence-electron chi connectivity index (χ3n) is 4.64. The molecule has 2 heterocycles. The smallest absolute Gasteiger partial charge is 0.268 e. The lowest BCUT2D eigenvalue weighted by Gasteiger charge is -2.18. The molecule has 0 bridgehead atoms. The van der Waals surface area contributed by atoms with Gasteiger partial charge in [-0.15, -0.1) is 0 Å². The second-order valence-corrected chi connectivity index (χ2v) is 6.46. The lowest BCUT2D eigenvalue weighted by molar-refractivity contribution is 0.0945. The Morgan fingerprint density at radius 1 is 1.44 bits per heavy atom. The zero-order valence-electron chi connectivity index (χ0n) is 14.4. The predicted octanol–water partition coefficient (Wildman–Crippen LogP) is 1.05. The molecule has 0 saturated carbocycles. The van der Waals surface area contributed by atoms with E-state index < -0.39 is 0 Å². The van der Waals surface area contributed by atoms with Gasteiger partial charge in [0.25, 0.3) is 11.5 Å². The van der Waals surface area contributed by atoms with Crippen LogP contribution in [0.1, 0.15) is 22.3 Å². The fraction of sp³-hybridized carbons (Fsp3) is 0.389. The minimum Gasteiger partial charge on any atom is -0.507 e. The van der Waals surface area contributed by atoms with Crippen LogP contribution in [0.4, 0.5) is 5.69 Å². The van der Waals surface area contributed by atoms with Crippen LogP contribution in [-0.2, 0) is 7.05 Å². The van der Waals surface area contributed by atoms with Crippen molar-refractivity contribution in [3.8, 4) is 5.75 Å². The van der Waals surface area contributed by atoms with Crippen molar-refractivity contribution in [1.82, 2.24) is 15.1 Å². The topological polar surface area (TPSA) is 87.5 Å². The molecule has 1 aliphatic rings. The fourth-order valence-electron chi connectivity index (χ4n) is 3.04. The first-order valence-corrected chi connectivity index (χ1v) is 8.31. The number of nitrogens with one attached hydrogen (secondary N) is 1. The molecule has 25 heavy (non-hydrogen) atoms. The average molecular weight is 342 g/mol. The Morgan fingerprint density at radius 2 is 2.24 bits per heavy atom. The number of benzene rings is 1. The molecular weight excluding hydrogens is 320 g/mol. The summed E-state index contributed by atoms with van der Waals surface area (Å²) in [5, 5.41) is 16.9. The van der Waals surface area contributed by atoms with Crippen LogP contribution >= 0.6 is 0 Å². The van der Waals surface area contributed by atoms with E-state index in [2.05, 4.69) is 15.3 Å². The van der Waals surface area contributed by atoms with Crippen LogP contribution in [-0.4, -0.2) is 40.4 Å². The zero-order valence-corrected chi connectivity index (χ0v) is 14.4. The van der Waals surface area contributed by atoms with E-state index in [0.717, 1.165) is 25.2 Å². The van der Waals surface area contributed by atoms with Crippen LogP contribution in [0.2, 0.25) is 0 Å². The molecule has 1 aromatic carbocycles. The maximum absolute atomic E-state index is 12.3. The number of hydrogen-bond donors (Lipinski definition) is 2. The number of aryl methyl sites for hydroxylation is 2. The Hall–Kier alpha value is -2.83. The summed E-state index contributed by atoms with van der Waals surface area (Å²) >= 11 is 0. The minimum absolute atomic E-state index is 0.0271. The van der Waals surface area contributed by atoms with E-state index in [1.165, 1.54) is 4.68 Å². The van der Waals surface area contributed by atoms with Gasteiger partial charge in [0.2, 0.25) is 0 Å². The summed E-state index contributed by atoms with van der Waals surface area (Å²) in [6, 6.07) is 6.71. The highest BCUT2D eigenvalue weighted by Gasteiger charge is 2.24. The zero-order chi connectivity index (χ0) is 18.0. The maximum atomic E-state index is 12.3. The number of aromatic hydroxyl groups is 1. The van der Waals surface area contributed by atoms with Gasteiger partial charge in [0.1, 0.15) is 5.75 Å². The molecule has 1 aromatic heterocycles. The summed E-state index contributed by atoms with van der Waals surface area (Å²) < 4.78 is 1.30. The standard InChI is InChI=1S/C18H22N4O3/c1-12-4-3-5-15(17(12)24)18(25)19-9-13-6-7-22(11-13)14-8-16(23)21(2)20-10-14/h3-5,8,10,13,24H,6-7,9,11H2,1-2H3,(H,19,25)/t13-/m1/s1. The first kappa shape index (κ1) is 17.0. The molecule has 0 spiro atoms. The van der Waals surface area contributed by atoms with Crippen LogP contribution in [0, 0.1) is 12.8 Å². The Labute approximate surface area is 145 Å². The number of carbonyl (C=O) groups excluding carboxylic acids is 1. The van der Waals surface area contributed by atoms with Crippen LogP contribution in [0.15, 0.2) is 35.3 Å². The second kappa shape index (κ2) is 6.96. The molecular formula is C18H22N4O3. The lowest BCUT2D eigenvalue weighted by Crippen LogP contribution is -2.31. The van der Waals surface area contributed by atoms with Crippen molar-refractivity contribution < 1.29 is 9.90 Å². The largest absolute Gasteiger partial charge is 0.507 e. The van der Waals surface area contributed by atoms with E-state index in [9.17, 15) is 14.7 Å². The van der Waals surface area contributed by atoms with Gasteiger partial charge in [-0.1, -0.05) is 12.1 Å². The summed E-state index contributed by atoms with van der Waals surface area (Å²) in [5.74, 6) is 0.0501. The lowest BCUT2D eigenvalue weighted by atomic mass is 10.1. The van der Waals surface area contributed by atoms with E-state index in [1.807, 2.05) is 0 Å². The number of anilines is 1. The molecule has 0 unspecified atom stereocenters. The summed E-state index contributed by atoms with van der Waals surface area (Å²) in [6.45, 7) is 3.88. The SMILES string of the molecule is Cc1cccc(C(=O)NC[C@H]2CCN(c3cnn(C)c(=O)c3)C2)c1O. The molecule has 1 aliphatic heterocycles. The maximum Gasteiger partial charge on any atom is 0.268 e. The normalized spacial score (nSPS) is 16.9. The Kier molecular flexibility index (Phi) is 4.74. The van der Waals surface area contributed by atoms with Crippen LogP contribution in [0.3, 0.4) is 0 Å². The molecule has 7 heteroatoms. The molecule has 7 nitrogen and oxygen atoms in total. The summed E-state index contributed by atoms with van der Waals surface area (Å²) in [7, 11) is 1.62. The molecule has 1 atom stereocenters. The Balaban J connectivity index is 1.58. The van der Waals surface area contributed by atoms with Gasteiger partial charge in [-0.3, -0.25) is 9.59 Å². The molecule has 1 fully saturated rings. The first-order valence-electron chi connectivity index (χ1n) is 8.31. The highest BCUT2D eigenvalue weighted by Crippen LogP contribution is 2.23. The quantitative estimate of drug-likeness (QED) is 0.867. The van der Waals surface area contributed by atoms with Crippen molar-refractivity contribution in [2.45, 2.75) is 13.3 Å². The molecule has 1 amide bonds. The van der Waals surface area contributed by atoms with Gasteiger partial charge in [-0.05, 0) is 30.9 Å². The summed E-state index contributed by atoms with van der Waals surface area (Å²) in [4.78, 5) is 26.1. The second-order valence-electron chi connectivity index (χ2n) is 6.46. The van der Waals surface area contributed by atoms with Crippen LogP contribution in [0.25, 0.3) is 0 Å². The van der Waals surface area contributed by atoms with Gasteiger partial charge < -0.3 is 15.3 Å². The van der Waals surface area contributed by atoms with Crippen molar-refractivity contribution in [2.24, 2.45) is 13.0 Å². The highest BCUT2D eigenvalue weighted by atomic mass is 16.3. The summed E-state index contributed by atoms with van der Waals surface area (Å²) in [5.41, 5.74) is 1.65. The van der Waals surface area contributed by atoms with E-state index in [1.54, 1.807) is 44.4 Å². The van der Waals surface area contributed by atoms with E-state index in [-0.39, 0.29) is 17.2 Å². The minimum atomic E-state index is -0.269. The fourth-order valence-corrected chi connectivity index (χ4v) is 3.04. The van der Waals surface area contributed by atoms with Crippen molar-refractivity contribution in [3.63, 3.8) is 0 Å². The van der Waals surface area contributed by atoms with Crippen molar-refractivity contribution >= 4 is 11.6 Å². The van der Waals surface area contributed by atoms with Crippen LogP contribution < -0.4 is 15.8 Å². The van der Waals surface area contributed by atoms with Gasteiger partial charge >= 0.3 is 0 Å². The van der Waals surface area contributed by atoms with Gasteiger partial charge in [-0.2, -0.15) is 5.10 Å². The van der Waals surface area contributed by atoms with E-state index in [4.69, 9.17) is 0 Å². The average Bonchev–Trinajstić information content (AvgIpc) is 3.06. The number of para-hydroxylation sites is 1. The Bertz CT molecular complexity index is 846.